The Hall–Kier alpha value is -2.41. The van der Waals surface area contributed by atoms with Crippen LogP contribution in [0.4, 0.5) is 0 Å². The third kappa shape index (κ3) is 4.92. The van der Waals surface area contributed by atoms with Crippen LogP contribution in [0.25, 0.3) is 5.57 Å². The Morgan fingerprint density at radius 1 is 0.935 bits per heavy atom. The Bertz CT molecular complexity index is 997. The number of ether oxygens (including phenoxy) is 1. The van der Waals surface area contributed by atoms with Crippen LogP contribution >= 0.6 is 11.8 Å². The van der Waals surface area contributed by atoms with E-state index >= 15 is 0 Å². The summed E-state index contributed by atoms with van der Waals surface area (Å²) in [5.74, 6) is 0.302. The molecule has 0 aliphatic carbocycles. The lowest BCUT2D eigenvalue weighted by atomic mass is 9.99. The lowest BCUT2D eigenvalue weighted by Gasteiger charge is -2.28. The quantitative estimate of drug-likeness (QED) is 0.620. The van der Waals surface area contributed by atoms with Crippen molar-refractivity contribution in [3.8, 4) is 0 Å². The number of carbonyl (C=O) groups excluding carboxylic acids is 2. The van der Waals surface area contributed by atoms with Gasteiger partial charge in [0.1, 0.15) is 0 Å². The van der Waals surface area contributed by atoms with Gasteiger partial charge in [0.2, 0.25) is 0 Å². The minimum Gasteiger partial charge on any atom is -0.379 e. The van der Waals surface area contributed by atoms with Crippen molar-refractivity contribution in [2.75, 3.05) is 39.4 Å². The summed E-state index contributed by atoms with van der Waals surface area (Å²) in [6, 6.07) is 16.1. The van der Waals surface area contributed by atoms with Crippen molar-refractivity contribution in [1.29, 1.82) is 0 Å². The first-order valence-corrected chi connectivity index (χ1v) is 11.7. The standard InChI is InChI=1S/C25H28N2O3S/c1-18-8-9-21(19(2)16-18)22-23(31-17-20-6-4-3-5-7-20)25(29)27(24(22)28)11-10-26-12-14-30-15-13-26/h3-9,16H,10-15,17H2,1-2H3. The molecule has 0 atom stereocenters. The molecule has 0 N–H and O–H groups in total. The average Bonchev–Trinajstić information content (AvgIpc) is 3.01. The second kappa shape index (κ2) is 9.81. The van der Waals surface area contributed by atoms with Gasteiger partial charge in [0.15, 0.2) is 0 Å². The number of aryl methyl sites for hydroxylation is 2. The molecular weight excluding hydrogens is 408 g/mol. The molecule has 4 rings (SSSR count). The lowest BCUT2D eigenvalue weighted by Crippen LogP contribution is -2.43. The van der Waals surface area contributed by atoms with Crippen molar-refractivity contribution in [2.45, 2.75) is 19.6 Å². The van der Waals surface area contributed by atoms with Gasteiger partial charge in [0, 0.05) is 31.9 Å². The van der Waals surface area contributed by atoms with Crippen molar-refractivity contribution in [3.63, 3.8) is 0 Å². The highest BCUT2D eigenvalue weighted by atomic mass is 32.2. The van der Waals surface area contributed by atoms with Crippen molar-refractivity contribution in [2.24, 2.45) is 0 Å². The molecule has 1 fully saturated rings. The van der Waals surface area contributed by atoms with E-state index < -0.39 is 0 Å². The van der Waals surface area contributed by atoms with Crippen LogP contribution in [0.15, 0.2) is 53.4 Å². The molecule has 6 heteroatoms. The van der Waals surface area contributed by atoms with E-state index in [0.29, 0.717) is 42.5 Å². The fraction of sp³-hybridized carbons (Fsp3) is 0.360. The van der Waals surface area contributed by atoms with E-state index in [-0.39, 0.29) is 11.8 Å². The van der Waals surface area contributed by atoms with Gasteiger partial charge in [-0.2, -0.15) is 0 Å². The van der Waals surface area contributed by atoms with Gasteiger partial charge in [-0.15, -0.1) is 11.8 Å². The Morgan fingerprint density at radius 2 is 1.68 bits per heavy atom. The molecule has 0 saturated carbocycles. The number of amides is 2. The first-order chi connectivity index (χ1) is 15.0. The lowest BCUT2D eigenvalue weighted by molar-refractivity contribution is -0.136. The number of morpholine rings is 1. The molecule has 2 aromatic rings. The van der Waals surface area contributed by atoms with E-state index in [2.05, 4.69) is 11.0 Å². The summed E-state index contributed by atoms with van der Waals surface area (Å²) < 4.78 is 5.40. The molecule has 2 aliphatic heterocycles. The molecule has 1 saturated heterocycles. The molecule has 0 bridgehead atoms. The van der Waals surface area contributed by atoms with Crippen molar-refractivity contribution in [1.82, 2.24) is 9.80 Å². The van der Waals surface area contributed by atoms with Crippen LogP contribution in [0.1, 0.15) is 22.3 Å². The Labute approximate surface area is 188 Å². The topological polar surface area (TPSA) is 49.9 Å². The fourth-order valence-electron chi connectivity index (χ4n) is 4.02. The molecule has 0 unspecified atom stereocenters. The predicted octanol–water partition coefficient (Wildman–Crippen LogP) is 3.65. The second-order valence-electron chi connectivity index (χ2n) is 8.01. The van der Waals surface area contributed by atoms with E-state index in [1.807, 2.05) is 56.3 Å². The van der Waals surface area contributed by atoms with Gasteiger partial charge < -0.3 is 4.74 Å². The molecule has 2 heterocycles. The van der Waals surface area contributed by atoms with Gasteiger partial charge >= 0.3 is 0 Å². The summed E-state index contributed by atoms with van der Waals surface area (Å²) in [6.07, 6.45) is 0. The van der Waals surface area contributed by atoms with E-state index in [1.165, 1.54) is 16.7 Å². The molecule has 0 aromatic heterocycles. The molecule has 31 heavy (non-hydrogen) atoms. The zero-order chi connectivity index (χ0) is 21.8. The maximum absolute atomic E-state index is 13.4. The minimum absolute atomic E-state index is 0.172. The van der Waals surface area contributed by atoms with E-state index in [4.69, 9.17) is 4.74 Å². The molecular formula is C25H28N2O3S. The number of hydrogen-bond acceptors (Lipinski definition) is 5. The van der Waals surface area contributed by atoms with Gasteiger partial charge in [-0.3, -0.25) is 19.4 Å². The third-order valence-corrected chi connectivity index (χ3v) is 6.89. The molecule has 2 amide bonds. The van der Waals surface area contributed by atoms with Crippen LogP contribution in [-0.4, -0.2) is 61.0 Å². The predicted molar refractivity (Wildman–Crippen MR) is 125 cm³/mol. The van der Waals surface area contributed by atoms with Gasteiger partial charge in [-0.25, -0.2) is 0 Å². The number of hydrogen-bond donors (Lipinski definition) is 0. The molecule has 162 valence electrons. The number of benzene rings is 2. The maximum atomic E-state index is 13.4. The summed E-state index contributed by atoms with van der Waals surface area (Å²) in [4.78, 5) is 31.0. The minimum atomic E-state index is -0.180. The summed E-state index contributed by atoms with van der Waals surface area (Å²) in [7, 11) is 0. The smallest absolute Gasteiger partial charge is 0.268 e. The molecule has 2 aliphatic rings. The van der Waals surface area contributed by atoms with Gasteiger partial charge in [0.25, 0.3) is 11.8 Å². The molecule has 2 aromatic carbocycles. The Balaban J connectivity index is 1.60. The monoisotopic (exact) mass is 436 g/mol. The highest BCUT2D eigenvalue weighted by molar-refractivity contribution is 8.03. The van der Waals surface area contributed by atoms with E-state index in [0.717, 1.165) is 35.3 Å². The summed E-state index contributed by atoms with van der Waals surface area (Å²) in [5, 5.41) is 0. The van der Waals surface area contributed by atoms with Crippen molar-refractivity contribution < 1.29 is 14.3 Å². The second-order valence-corrected chi connectivity index (χ2v) is 9.00. The Morgan fingerprint density at radius 3 is 2.39 bits per heavy atom. The van der Waals surface area contributed by atoms with Crippen molar-refractivity contribution in [3.05, 3.63) is 75.7 Å². The average molecular weight is 437 g/mol. The Kier molecular flexibility index (Phi) is 6.90. The third-order valence-electron chi connectivity index (χ3n) is 5.75. The number of imide groups is 1. The van der Waals surface area contributed by atoms with E-state index in [1.54, 1.807) is 0 Å². The highest BCUT2D eigenvalue weighted by Crippen LogP contribution is 2.38. The maximum Gasteiger partial charge on any atom is 0.268 e. The van der Waals surface area contributed by atoms with Crippen LogP contribution in [0.5, 0.6) is 0 Å². The molecule has 5 nitrogen and oxygen atoms in total. The van der Waals surface area contributed by atoms with Gasteiger partial charge in [-0.05, 0) is 30.5 Å². The number of rotatable bonds is 7. The summed E-state index contributed by atoms with van der Waals surface area (Å²) in [6.45, 7) is 8.19. The van der Waals surface area contributed by atoms with Crippen LogP contribution < -0.4 is 0 Å². The van der Waals surface area contributed by atoms with Gasteiger partial charge in [-0.1, -0.05) is 54.1 Å². The van der Waals surface area contributed by atoms with Crippen LogP contribution in [0.3, 0.4) is 0 Å². The first kappa shape index (κ1) is 21.8. The normalized spacial score (nSPS) is 17.7. The van der Waals surface area contributed by atoms with Crippen LogP contribution in [-0.2, 0) is 20.1 Å². The van der Waals surface area contributed by atoms with Gasteiger partial charge in [0.05, 0.1) is 23.7 Å². The largest absolute Gasteiger partial charge is 0.379 e. The fourth-order valence-corrected chi connectivity index (χ4v) is 5.10. The first-order valence-electron chi connectivity index (χ1n) is 10.7. The molecule has 0 radical (unpaired) electrons. The zero-order valence-corrected chi connectivity index (χ0v) is 18.9. The van der Waals surface area contributed by atoms with E-state index in [9.17, 15) is 9.59 Å². The number of nitrogens with zero attached hydrogens (tertiary/aromatic N) is 2. The molecule has 0 spiro atoms. The van der Waals surface area contributed by atoms with Crippen LogP contribution in [0, 0.1) is 13.8 Å². The summed E-state index contributed by atoms with van der Waals surface area (Å²) in [5.41, 5.74) is 4.69. The number of thioether (sulfide) groups is 1. The SMILES string of the molecule is Cc1ccc(C2=C(SCc3ccccc3)C(=O)N(CCN3CCOCC3)C2=O)c(C)c1. The number of carbonyl (C=O) groups is 2. The van der Waals surface area contributed by atoms with Crippen molar-refractivity contribution >= 4 is 29.1 Å². The van der Waals surface area contributed by atoms with Crippen LogP contribution in [0.2, 0.25) is 0 Å². The zero-order valence-electron chi connectivity index (χ0n) is 18.1. The highest BCUT2D eigenvalue weighted by Gasteiger charge is 2.39. The summed E-state index contributed by atoms with van der Waals surface area (Å²) >= 11 is 1.46.